The van der Waals surface area contributed by atoms with E-state index in [2.05, 4.69) is 37.2 Å². The molecular formula is C15H13Br2F2N. The Kier molecular flexibility index (Phi) is 5.29. The Morgan fingerprint density at radius 3 is 2.45 bits per heavy atom. The van der Waals surface area contributed by atoms with Gasteiger partial charge in [-0.15, -0.1) is 0 Å². The lowest BCUT2D eigenvalue weighted by molar-refractivity contribution is 0.540. The minimum absolute atomic E-state index is 0.340. The predicted octanol–water partition coefficient (Wildman–Crippen LogP) is 5.19. The van der Waals surface area contributed by atoms with E-state index in [0.717, 1.165) is 20.6 Å². The molecule has 0 saturated heterocycles. The molecule has 0 radical (unpaired) electrons. The summed E-state index contributed by atoms with van der Waals surface area (Å²) >= 11 is 6.90. The summed E-state index contributed by atoms with van der Waals surface area (Å²) < 4.78 is 28.9. The SMILES string of the molecule is CCNC(c1ccc(F)cc1F)c1cc(Br)ccc1Br. The van der Waals surface area contributed by atoms with E-state index in [4.69, 9.17) is 0 Å². The minimum atomic E-state index is -0.574. The summed E-state index contributed by atoms with van der Waals surface area (Å²) in [5.41, 5.74) is 1.32. The monoisotopic (exact) mass is 403 g/mol. The van der Waals surface area contributed by atoms with Crippen molar-refractivity contribution in [3.63, 3.8) is 0 Å². The Bertz CT molecular complexity index is 617. The van der Waals surface area contributed by atoms with Crippen molar-refractivity contribution >= 4 is 31.9 Å². The fourth-order valence-corrected chi connectivity index (χ4v) is 2.92. The third kappa shape index (κ3) is 3.45. The standard InChI is InChI=1S/C15H13Br2F2N/c1-2-20-15(11-5-4-10(18)8-14(11)19)12-7-9(16)3-6-13(12)17/h3-8,15,20H,2H2,1H3. The van der Waals surface area contributed by atoms with E-state index < -0.39 is 11.6 Å². The van der Waals surface area contributed by atoms with Gasteiger partial charge in [-0.1, -0.05) is 44.8 Å². The first kappa shape index (κ1) is 15.6. The van der Waals surface area contributed by atoms with Crippen LogP contribution in [-0.4, -0.2) is 6.54 Å². The van der Waals surface area contributed by atoms with Crippen LogP contribution >= 0.6 is 31.9 Å². The highest BCUT2D eigenvalue weighted by Crippen LogP contribution is 2.32. The lowest BCUT2D eigenvalue weighted by Crippen LogP contribution is -2.23. The van der Waals surface area contributed by atoms with Crippen molar-refractivity contribution in [1.82, 2.24) is 5.32 Å². The first-order valence-electron chi connectivity index (χ1n) is 6.16. The normalized spacial score (nSPS) is 12.4. The first-order chi connectivity index (χ1) is 9.52. The molecule has 0 saturated carbocycles. The van der Waals surface area contributed by atoms with Gasteiger partial charge in [0.05, 0.1) is 6.04 Å². The molecule has 20 heavy (non-hydrogen) atoms. The Balaban J connectivity index is 2.53. The summed E-state index contributed by atoms with van der Waals surface area (Å²) in [4.78, 5) is 0. The third-order valence-electron chi connectivity index (χ3n) is 2.95. The van der Waals surface area contributed by atoms with Gasteiger partial charge in [-0.05, 0) is 36.4 Å². The molecule has 2 rings (SSSR count). The summed E-state index contributed by atoms with van der Waals surface area (Å²) in [5, 5.41) is 3.23. The second kappa shape index (κ2) is 6.78. The van der Waals surface area contributed by atoms with Crippen LogP contribution in [0.15, 0.2) is 45.3 Å². The smallest absolute Gasteiger partial charge is 0.131 e. The fraction of sp³-hybridized carbons (Fsp3) is 0.200. The number of nitrogens with one attached hydrogen (secondary N) is 1. The van der Waals surface area contributed by atoms with E-state index in [-0.39, 0.29) is 6.04 Å². The Morgan fingerprint density at radius 1 is 1.05 bits per heavy atom. The van der Waals surface area contributed by atoms with Crippen molar-refractivity contribution in [2.24, 2.45) is 0 Å². The summed E-state index contributed by atoms with van der Waals surface area (Å²) in [6.45, 7) is 2.61. The van der Waals surface area contributed by atoms with E-state index in [1.54, 1.807) is 0 Å². The van der Waals surface area contributed by atoms with Crippen molar-refractivity contribution in [2.45, 2.75) is 13.0 Å². The molecule has 0 aliphatic rings. The zero-order valence-electron chi connectivity index (χ0n) is 10.8. The maximum absolute atomic E-state index is 14.0. The van der Waals surface area contributed by atoms with Gasteiger partial charge in [-0.25, -0.2) is 8.78 Å². The average molecular weight is 405 g/mol. The van der Waals surface area contributed by atoms with Crippen LogP contribution in [0, 0.1) is 11.6 Å². The molecule has 2 aromatic rings. The molecule has 0 heterocycles. The minimum Gasteiger partial charge on any atom is -0.306 e. The zero-order chi connectivity index (χ0) is 14.7. The molecule has 5 heteroatoms. The van der Waals surface area contributed by atoms with Crippen molar-refractivity contribution < 1.29 is 8.78 Å². The maximum atomic E-state index is 14.0. The van der Waals surface area contributed by atoms with Crippen LogP contribution in [0.4, 0.5) is 8.78 Å². The molecule has 1 nitrogen and oxygen atoms in total. The Hall–Kier alpha value is -0.780. The number of halogens is 4. The first-order valence-corrected chi connectivity index (χ1v) is 7.74. The molecule has 1 atom stereocenters. The van der Waals surface area contributed by atoms with Crippen LogP contribution < -0.4 is 5.32 Å². The van der Waals surface area contributed by atoms with Gasteiger partial charge in [0, 0.05) is 20.6 Å². The van der Waals surface area contributed by atoms with Gasteiger partial charge in [0.1, 0.15) is 11.6 Å². The van der Waals surface area contributed by atoms with Crippen molar-refractivity contribution in [3.8, 4) is 0 Å². The Labute approximate surface area is 133 Å². The van der Waals surface area contributed by atoms with Gasteiger partial charge in [-0.2, -0.15) is 0 Å². The largest absolute Gasteiger partial charge is 0.306 e. The zero-order valence-corrected chi connectivity index (χ0v) is 13.9. The molecule has 0 amide bonds. The van der Waals surface area contributed by atoms with Crippen LogP contribution in [0.3, 0.4) is 0 Å². The van der Waals surface area contributed by atoms with Crippen LogP contribution in [-0.2, 0) is 0 Å². The van der Waals surface area contributed by atoms with Gasteiger partial charge in [0.2, 0.25) is 0 Å². The summed E-state index contributed by atoms with van der Waals surface area (Å²) in [6, 6.07) is 9.03. The van der Waals surface area contributed by atoms with Gasteiger partial charge in [-0.3, -0.25) is 0 Å². The molecule has 2 aromatic carbocycles. The quantitative estimate of drug-likeness (QED) is 0.739. The number of hydrogen-bond acceptors (Lipinski definition) is 1. The van der Waals surface area contributed by atoms with E-state index >= 15 is 0 Å². The number of rotatable bonds is 4. The van der Waals surface area contributed by atoms with E-state index in [9.17, 15) is 8.78 Å². The predicted molar refractivity (Wildman–Crippen MR) is 83.7 cm³/mol. The highest BCUT2D eigenvalue weighted by molar-refractivity contribution is 9.11. The summed E-state index contributed by atoms with van der Waals surface area (Å²) in [6.07, 6.45) is 0. The van der Waals surface area contributed by atoms with Crippen LogP contribution in [0.5, 0.6) is 0 Å². The maximum Gasteiger partial charge on any atom is 0.131 e. The van der Waals surface area contributed by atoms with Gasteiger partial charge < -0.3 is 5.32 Å². The number of benzene rings is 2. The molecule has 0 spiro atoms. The molecule has 1 N–H and O–H groups in total. The highest BCUT2D eigenvalue weighted by atomic mass is 79.9. The van der Waals surface area contributed by atoms with E-state index in [0.29, 0.717) is 12.1 Å². The number of hydrogen-bond donors (Lipinski definition) is 1. The van der Waals surface area contributed by atoms with Crippen molar-refractivity contribution in [3.05, 3.63) is 68.1 Å². The molecule has 0 aliphatic carbocycles. The lowest BCUT2D eigenvalue weighted by Gasteiger charge is -2.21. The Morgan fingerprint density at radius 2 is 1.80 bits per heavy atom. The van der Waals surface area contributed by atoms with Crippen molar-refractivity contribution in [2.75, 3.05) is 6.54 Å². The topological polar surface area (TPSA) is 12.0 Å². The molecular weight excluding hydrogens is 392 g/mol. The third-order valence-corrected chi connectivity index (χ3v) is 4.17. The second-order valence-corrected chi connectivity index (χ2v) is 6.09. The summed E-state index contributed by atoms with van der Waals surface area (Å²) in [7, 11) is 0. The van der Waals surface area contributed by atoms with Crippen molar-refractivity contribution in [1.29, 1.82) is 0 Å². The average Bonchev–Trinajstić information content (AvgIpc) is 2.40. The summed E-state index contributed by atoms with van der Waals surface area (Å²) in [5.74, 6) is -1.13. The highest BCUT2D eigenvalue weighted by Gasteiger charge is 2.20. The molecule has 1 unspecified atom stereocenters. The van der Waals surface area contributed by atoms with Gasteiger partial charge in [0.25, 0.3) is 0 Å². The fourth-order valence-electron chi connectivity index (χ4n) is 2.06. The van der Waals surface area contributed by atoms with Crippen LogP contribution in [0.1, 0.15) is 24.1 Å². The second-order valence-electron chi connectivity index (χ2n) is 4.32. The van der Waals surface area contributed by atoms with Gasteiger partial charge >= 0.3 is 0 Å². The van der Waals surface area contributed by atoms with Crippen LogP contribution in [0.2, 0.25) is 0 Å². The van der Waals surface area contributed by atoms with E-state index in [1.165, 1.54) is 12.1 Å². The lowest BCUT2D eigenvalue weighted by atomic mass is 9.98. The van der Waals surface area contributed by atoms with Crippen LogP contribution in [0.25, 0.3) is 0 Å². The molecule has 0 aliphatic heterocycles. The molecule has 106 valence electrons. The molecule has 0 bridgehead atoms. The van der Waals surface area contributed by atoms with E-state index in [1.807, 2.05) is 25.1 Å². The molecule has 0 aromatic heterocycles. The molecule has 0 fully saturated rings. The van der Waals surface area contributed by atoms with Gasteiger partial charge in [0.15, 0.2) is 0 Å².